The van der Waals surface area contributed by atoms with Gasteiger partial charge in [-0.05, 0) is 41.5 Å². The van der Waals surface area contributed by atoms with Crippen molar-refractivity contribution >= 4 is 28.5 Å². The van der Waals surface area contributed by atoms with E-state index < -0.39 is 18.1 Å². The van der Waals surface area contributed by atoms with Crippen LogP contribution in [0.2, 0.25) is 0 Å². The van der Waals surface area contributed by atoms with Crippen molar-refractivity contribution in [3.63, 3.8) is 0 Å². The Morgan fingerprint density at radius 2 is 1.70 bits per heavy atom. The lowest BCUT2D eigenvalue weighted by atomic mass is 9.87. The molecule has 0 bridgehead atoms. The van der Waals surface area contributed by atoms with Crippen molar-refractivity contribution in [1.82, 2.24) is 4.90 Å². The van der Waals surface area contributed by atoms with Gasteiger partial charge in [0.05, 0.1) is 30.3 Å². The molecule has 2 saturated heterocycles. The SMILES string of the molecule is C[C@@H]1ON(c2ccccc2)[C@H](c2ccc3ccccc3c2)[C@H]1C(=O)N1CCOC1=O. The van der Waals surface area contributed by atoms with E-state index in [-0.39, 0.29) is 25.1 Å². The number of imide groups is 1. The molecular formula is C24H22N2O4. The molecule has 2 heterocycles. The summed E-state index contributed by atoms with van der Waals surface area (Å²) in [6, 6.07) is 23.7. The van der Waals surface area contributed by atoms with Gasteiger partial charge in [-0.2, -0.15) is 0 Å². The van der Waals surface area contributed by atoms with Crippen LogP contribution in [0.1, 0.15) is 18.5 Å². The molecule has 6 nitrogen and oxygen atoms in total. The average Bonchev–Trinajstić information content (AvgIpc) is 3.36. The zero-order valence-electron chi connectivity index (χ0n) is 16.6. The number of ether oxygens (including phenoxy) is 1. The quantitative estimate of drug-likeness (QED) is 0.653. The van der Waals surface area contributed by atoms with Gasteiger partial charge >= 0.3 is 6.09 Å². The van der Waals surface area contributed by atoms with Gasteiger partial charge < -0.3 is 4.74 Å². The number of carbonyl (C=O) groups excluding carboxylic acids is 2. The van der Waals surface area contributed by atoms with Gasteiger partial charge in [-0.15, -0.1) is 0 Å². The summed E-state index contributed by atoms with van der Waals surface area (Å²) in [5.74, 6) is -0.807. The van der Waals surface area contributed by atoms with E-state index in [1.54, 1.807) is 5.06 Å². The zero-order valence-corrected chi connectivity index (χ0v) is 16.6. The van der Waals surface area contributed by atoms with E-state index in [1.165, 1.54) is 4.90 Å². The number of anilines is 1. The van der Waals surface area contributed by atoms with Crippen LogP contribution in [0, 0.1) is 5.92 Å². The topological polar surface area (TPSA) is 59.1 Å². The van der Waals surface area contributed by atoms with Crippen molar-refractivity contribution in [2.24, 2.45) is 5.92 Å². The van der Waals surface area contributed by atoms with Crippen LogP contribution in [0.25, 0.3) is 10.8 Å². The maximum absolute atomic E-state index is 13.4. The van der Waals surface area contributed by atoms with E-state index in [9.17, 15) is 9.59 Å². The molecule has 0 radical (unpaired) electrons. The number of hydrogen-bond acceptors (Lipinski definition) is 5. The Kier molecular flexibility index (Phi) is 4.64. The summed E-state index contributed by atoms with van der Waals surface area (Å²) in [6.07, 6.45) is -0.981. The van der Waals surface area contributed by atoms with Crippen molar-refractivity contribution in [2.75, 3.05) is 18.2 Å². The highest BCUT2D eigenvalue weighted by molar-refractivity contribution is 5.95. The fourth-order valence-corrected chi connectivity index (χ4v) is 4.35. The number of para-hydroxylation sites is 1. The predicted octanol–water partition coefficient (Wildman–Crippen LogP) is 4.32. The monoisotopic (exact) mass is 402 g/mol. The lowest BCUT2D eigenvalue weighted by Gasteiger charge is -2.28. The van der Waals surface area contributed by atoms with Gasteiger partial charge in [0.2, 0.25) is 5.91 Å². The van der Waals surface area contributed by atoms with E-state index in [4.69, 9.17) is 9.57 Å². The molecule has 6 heteroatoms. The first-order chi connectivity index (χ1) is 14.6. The van der Waals surface area contributed by atoms with Gasteiger partial charge in [0.25, 0.3) is 0 Å². The zero-order chi connectivity index (χ0) is 20.7. The number of hydrogen-bond donors (Lipinski definition) is 0. The molecule has 2 fully saturated rings. The van der Waals surface area contributed by atoms with E-state index >= 15 is 0 Å². The highest BCUT2D eigenvalue weighted by Gasteiger charge is 2.49. The molecule has 2 aliphatic heterocycles. The molecule has 0 saturated carbocycles. The number of carbonyl (C=O) groups is 2. The third kappa shape index (κ3) is 3.09. The molecule has 0 spiro atoms. The molecular weight excluding hydrogens is 380 g/mol. The molecule has 30 heavy (non-hydrogen) atoms. The molecule has 3 aromatic carbocycles. The lowest BCUT2D eigenvalue weighted by Crippen LogP contribution is -2.41. The Morgan fingerprint density at radius 3 is 2.43 bits per heavy atom. The number of fused-ring (bicyclic) bond motifs is 1. The highest BCUT2D eigenvalue weighted by atomic mass is 16.7. The first-order valence-corrected chi connectivity index (χ1v) is 10.1. The molecule has 0 unspecified atom stereocenters. The summed E-state index contributed by atoms with van der Waals surface area (Å²) in [6.45, 7) is 2.38. The van der Waals surface area contributed by atoms with Gasteiger partial charge in [-0.3, -0.25) is 9.63 Å². The van der Waals surface area contributed by atoms with Crippen molar-refractivity contribution in [3.8, 4) is 0 Å². The molecule has 2 amide bonds. The minimum atomic E-state index is -0.581. The molecule has 3 aromatic rings. The fourth-order valence-electron chi connectivity index (χ4n) is 4.35. The molecule has 5 rings (SSSR count). The first kappa shape index (κ1) is 18.6. The summed E-state index contributed by atoms with van der Waals surface area (Å²) in [4.78, 5) is 32.9. The summed E-state index contributed by atoms with van der Waals surface area (Å²) in [5, 5.41) is 4.03. The Morgan fingerprint density at radius 1 is 0.967 bits per heavy atom. The van der Waals surface area contributed by atoms with Crippen molar-refractivity contribution in [2.45, 2.75) is 19.1 Å². The summed E-state index contributed by atoms with van der Waals surface area (Å²) >= 11 is 0. The van der Waals surface area contributed by atoms with Crippen LogP contribution in [0.15, 0.2) is 72.8 Å². The Labute approximate surface area is 174 Å². The Hall–Kier alpha value is -3.38. The van der Waals surface area contributed by atoms with Gasteiger partial charge in [-0.25, -0.2) is 14.8 Å². The van der Waals surface area contributed by atoms with Crippen LogP contribution in [0.5, 0.6) is 0 Å². The molecule has 3 atom stereocenters. The van der Waals surface area contributed by atoms with Crippen LogP contribution in [-0.2, 0) is 14.4 Å². The molecule has 152 valence electrons. The summed E-state index contributed by atoms with van der Waals surface area (Å²) in [5.41, 5.74) is 1.83. The summed E-state index contributed by atoms with van der Waals surface area (Å²) < 4.78 is 5.00. The van der Waals surface area contributed by atoms with E-state index in [1.807, 2.05) is 55.5 Å². The minimum Gasteiger partial charge on any atom is -0.447 e. The summed E-state index contributed by atoms with van der Waals surface area (Å²) in [7, 11) is 0. The third-order valence-corrected chi connectivity index (χ3v) is 5.82. The normalized spacial score (nSPS) is 23.8. The standard InChI is InChI=1S/C24H22N2O4/c1-16-21(23(27)25-13-14-29-24(25)28)22(26(30-16)20-9-3-2-4-10-20)19-12-11-17-7-5-6-8-18(17)15-19/h2-12,15-16,21-22H,13-14H2,1H3/t16-,21-,22+/m0/s1. The first-order valence-electron chi connectivity index (χ1n) is 10.1. The van der Waals surface area contributed by atoms with Crippen LogP contribution in [-0.4, -0.2) is 36.2 Å². The minimum absolute atomic E-state index is 0.232. The van der Waals surface area contributed by atoms with Crippen LogP contribution in [0.4, 0.5) is 10.5 Å². The fraction of sp³-hybridized carbons (Fsp3) is 0.250. The van der Waals surface area contributed by atoms with Crippen molar-refractivity contribution < 1.29 is 19.2 Å². The Bertz CT molecular complexity index is 1100. The maximum Gasteiger partial charge on any atom is 0.416 e. The molecule has 0 aromatic heterocycles. The predicted molar refractivity (Wildman–Crippen MR) is 113 cm³/mol. The lowest BCUT2D eigenvalue weighted by molar-refractivity contribution is -0.133. The second-order valence-electron chi connectivity index (χ2n) is 7.65. The van der Waals surface area contributed by atoms with E-state index in [0.29, 0.717) is 0 Å². The average molecular weight is 402 g/mol. The second-order valence-corrected chi connectivity index (χ2v) is 7.65. The van der Waals surface area contributed by atoms with Crippen molar-refractivity contribution in [3.05, 3.63) is 78.4 Å². The van der Waals surface area contributed by atoms with Crippen LogP contribution in [0.3, 0.4) is 0 Å². The number of nitrogens with zero attached hydrogens (tertiary/aromatic N) is 2. The molecule has 0 N–H and O–H groups in total. The van der Waals surface area contributed by atoms with E-state index in [2.05, 4.69) is 24.3 Å². The molecule has 0 aliphatic carbocycles. The van der Waals surface area contributed by atoms with Crippen molar-refractivity contribution in [1.29, 1.82) is 0 Å². The third-order valence-electron chi connectivity index (χ3n) is 5.82. The van der Waals surface area contributed by atoms with E-state index in [0.717, 1.165) is 22.0 Å². The largest absolute Gasteiger partial charge is 0.447 e. The van der Waals surface area contributed by atoms with Gasteiger partial charge in [0.15, 0.2) is 0 Å². The number of rotatable bonds is 3. The van der Waals surface area contributed by atoms with Gasteiger partial charge in [0, 0.05) is 0 Å². The van der Waals surface area contributed by atoms with Crippen LogP contribution >= 0.6 is 0 Å². The van der Waals surface area contributed by atoms with Crippen LogP contribution < -0.4 is 5.06 Å². The Balaban J connectivity index is 1.60. The number of amides is 2. The van der Waals surface area contributed by atoms with Gasteiger partial charge in [0.1, 0.15) is 6.61 Å². The van der Waals surface area contributed by atoms with Gasteiger partial charge in [-0.1, -0.05) is 54.6 Å². The second kappa shape index (κ2) is 7.46. The maximum atomic E-state index is 13.4. The number of benzene rings is 3. The highest BCUT2D eigenvalue weighted by Crippen LogP contribution is 2.44. The smallest absolute Gasteiger partial charge is 0.416 e. The number of hydroxylamine groups is 1. The number of cyclic esters (lactones) is 1. The molecule has 2 aliphatic rings.